The summed E-state index contributed by atoms with van der Waals surface area (Å²) in [6.07, 6.45) is 3.21. The topological polar surface area (TPSA) is 70.1 Å². The second-order valence-corrected chi connectivity index (χ2v) is 8.17. The van der Waals surface area contributed by atoms with Gasteiger partial charge in [-0.25, -0.2) is 0 Å². The Morgan fingerprint density at radius 1 is 1.06 bits per heavy atom. The summed E-state index contributed by atoms with van der Waals surface area (Å²) in [6, 6.07) is 10.3. The maximum absolute atomic E-state index is 10.3. The first-order chi connectivity index (χ1) is 14.7. The molecule has 2 aliphatic heterocycles. The Bertz CT molecular complexity index is 803. The van der Waals surface area contributed by atoms with Gasteiger partial charge in [0.25, 0.3) is 0 Å². The number of benzene rings is 1. The van der Waals surface area contributed by atoms with E-state index in [0.717, 1.165) is 45.8 Å². The molecule has 2 saturated heterocycles. The van der Waals surface area contributed by atoms with Crippen LogP contribution in [-0.2, 0) is 6.54 Å². The lowest BCUT2D eigenvalue weighted by atomic mass is 9.92. The number of aliphatic hydroxyl groups is 1. The molecule has 2 aliphatic rings. The van der Waals surface area contributed by atoms with E-state index in [0.29, 0.717) is 24.0 Å². The number of ether oxygens (including phenoxy) is 2. The van der Waals surface area contributed by atoms with Gasteiger partial charge in [-0.05, 0) is 35.4 Å². The highest BCUT2D eigenvalue weighted by Crippen LogP contribution is 2.31. The van der Waals surface area contributed by atoms with Gasteiger partial charge in [-0.3, -0.25) is 14.8 Å². The van der Waals surface area contributed by atoms with E-state index in [1.807, 2.05) is 24.5 Å². The van der Waals surface area contributed by atoms with E-state index >= 15 is 0 Å². The molecule has 1 unspecified atom stereocenters. The van der Waals surface area contributed by atoms with E-state index in [2.05, 4.69) is 38.3 Å². The lowest BCUT2D eigenvalue weighted by molar-refractivity contribution is 0.0632. The summed E-state index contributed by atoms with van der Waals surface area (Å²) in [7, 11) is 1.66. The smallest absolute Gasteiger partial charge is 0.161 e. The molecule has 0 radical (unpaired) electrons. The molecule has 4 rings (SSSR count). The van der Waals surface area contributed by atoms with Crippen LogP contribution in [0.3, 0.4) is 0 Å². The van der Waals surface area contributed by atoms with E-state index in [1.54, 1.807) is 7.11 Å². The Morgan fingerprint density at radius 2 is 1.78 bits per heavy atom. The Kier molecular flexibility index (Phi) is 11.0. The molecule has 1 aromatic carbocycles. The summed E-state index contributed by atoms with van der Waals surface area (Å²) in [5, 5.41) is 13.6. The normalized spacial score (nSPS) is 18.1. The van der Waals surface area contributed by atoms with Gasteiger partial charge in [0.05, 0.1) is 7.11 Å². The number of hydrogen-bond acceptors (Lipinski definition) is 7. The number of β-amino-alcohol motifs (C(OH)–C–C–N with tert-alkyl or cyclic N) is 1. The summed E-state index contributed by atoms with van der Waals surface area (Å²) in [4.78, 5) is 8.78. The van der Waals surface area contributed by atoms with Gasteiger partial charge < -0.3 is 19.9 Å². The minimum Gasteiger partial charge on any atom is -0.493 e. The molecule has 9 heteroatoms. The summed E-state index contributed by atoms with van der Waals surface area (Å²) >= 11 is 0. The zero-order valence-corrected chi connectivity index (χ0v) is 20.1. The monoisotopic (exact) mass is 484 g/mol. The lowest BCUT2D eigenvalue weighted by Gasteiger charge is -2.39. The lowest BCUT2D eigenvalue weighted by Crippen LogP contribution is -2.47. The molecule has 0 saturated carbocycles. The molecule has 1 atom stereocenters. The molecule has 178 valence electrons. The summed E-state index contributed by atoms with van der Waals surface area (Å²) in [5.74, 6) is 1.99. The highest BCUT2D eigenvalue weighted by atomic mass is 35.5. The molecule has 7 nitrogen and oxygen atoms in total. The SMILES string of the molecule is COc1cc(CN2CC(c3ccncc3)C2)ccc1OCC(O)CN1CCNCC1.Cl.Cl. The highest BCUT2D eigenvalue weighted by molar-refractivity contribution is 5.85. The van der Waals surface area contributed by atoms with E-state index < -0.39 is 6.10 Å². The van der Waals surface area contributed by atoms with E-state index in [4.69, 9.17) is 9.47 Å². The van der Waals surface area contributed by atoms with E-state index in [-0.39, 0.29) is 31.4 Å². The largest absolute Gasteiger partial charge is 0.493 e. The average Bonchev–Trinajstić information content (AvgIpc) is 2.76. The second-order valence-electron chi connectivity index (χ2n) is 8.17. The maximum atomic E-state index is 10.3. The van der Waals surface area contributed by atoms with Crippen molar-refractivity contribution < 1.29 is 14.6 Å². The quantitative estimate of drug-likeness (QED) is 0.564. The Balaban J connectivity index is 0.00000181. The number of aliphatic hydroxyl groups excluding tert-OH is 1. The van der Waals surface area contributed by atoms with Crippen LogP contribution in [0.4, 0.5) is 0 Å². The minimum atomic E-state index is -0.515. The zero-order chi connectivity index (χ0) is 20.8. The summed E-state index contributed by atoms with van der Waals surface area (Å²) < 4.78 is 11.4. The third-order valence-electron chi connectivity index (χ3n) is 5.88. The van der Waals surface area contributed by atoms with Crippen molar-refractivity contribution >= 4 is 24.8 Å². The van der Waals surface area contributed by atoms with E-state index in [9.17, 15) is 5.11 Å². The van der Waals surface area contributed by atoms with Gasteiger partial charge in [-0.1, -0.05) is 6.07 Å². The first-order valence-corrected chi connectivity index (χ1v) is 10.7. The average molecular weight is 485 g/mol. The first-order valence-electron chi connectivity index (χ1n) is 10.7. The minimum absolute atomic E-state index is 0. The molecule has 0 amide bonds. The van der Waals surface area contributed by atoms with Crippen molar-refractivity contribution in [3.05, 3.63) is 53.9 Å². The van der Waals surface area contributed by atoms with Gasteiger partial charge in [-0.2, -0.15) is 0 Å². The Labute approximate surface area is 202 Å². The molecule has 2 aromatic rings. The number of halogens is 2. The molecular formula is C23H34Cl2N4O3. The Morgan fingerprint density at radius 3 is 2.47 bits per heavy atom. The first kappa shape index (κ1) is 26.6. The summed E-state index contributed by atoms with van der Waals surface area (Å²) in [5.41, 5.74) is 2.57. The van der Waals surface area contributed by atoms with Gasteiger partial charge >= 0.3 is 0 Å². The van der Waals surface area contributed by atoms with Crippen molar-refractivity contribution in [1.82, 2.24) is 20.1 Å². The fourth-order valence-corrected chi connectivity index (χ4v) is 4.16. The van der Waals surface area contributed by atoms with Crippen LogP contribution in [0.5, 0.6) is 11.5 Å². The van der Waals surface area contributed by atoms with Gasteiger partial charge in [0.2, 0.25) is 0 Å². The van der Waals surface area contributed by atoms with Crippen LogP contribution in [0, 0.1) is 0 Å². The number of hydrogen-bond donors (Lipinski definition) is 2. The standard InChI is InChI=1S/C23H32N4O3.2ClH/c1-29-23-12-18(13-27-14-20(15-27)19-4-6-24-7-5-19)2-3-22(23)30-17-21(28)16-26-10-8-25-9-11-26;;/h2-7,12,20-21,25,28H,8-11,13-17H2,1H3;2*1H. The molecular weight excluding hydrogens is 451 g/mol. The number of rotatable bonds is 9. The van der Waals surface area contributed by atoms with Gasteiger partial charge in [0.15, 0.2) is 11.5 Å². The van der Waals surface area contributed by atoms with Crippen molar-refractivity contribution in [2.75, 3.05) is 59.5 Å². The van der Waals surface area contributed by atoms with Gasteiger partial charge in [-0.15, -0.1) is 24.8 Å². The number of pyridine rings is 1. The molecule has 1 aromatic heterocycles. The number of aromatic nitrogens is 1. The van der Waals surface area contributed by atoms with Gasteiger partial charge in [0.1, 0.15) is 12.7 Å². The molecule has 0 bridgehead atoms. The molecule has 2 N–H and O–H groups in total. The predicted octanol–water partition coefficient (Wildman–Crippen LogP) is 2.18. The fourth-order valence-electron chi connectivity index (χ4n) is 4.16. The van der Waals surface area contributed by atoms with Crippen LogP contribution >= 0.6 is 24.8 Å². The second kappa shape index (κ2) is 13.2. The van der Waals surface area contributed by atoms with Crippen LogP contribution in [0.25, 0.3) is 0 Å². The Hall–Kier alpha value is -1.61. The molecule has 2 fully saturated rings. The van der Waals surface area contributed by atoms with Crippen molar-refractivity contribution in [3.8, 4) is 11.5 Å². The number of nitrogens with zero attached hydrogens (tertiary/aromatic N) is 3. The number of piperazine rings is 1. The molecule has 0 spiro atoms. The maximum Gasteiger partial charge on any atom is 0.161 e. The molecule has 3 heterocycles. The van der Waals surface area contributed by atoms with E-state index in [1.165, 1.54) is 11.1 Å². The fraction of sp³-hybridized carbons (Fsp3) is 0.522. The highest BCUT2D eigenvalue weighted by Gasteiger charge is 2.28. The number of nitrogens with one attached hydrogen (secondary N) is 1. The third kappa shape index (κ3) is 7.20. The van der Waals surface area contributed by atoms with Crippen molar-refractivity contribution in [1.29, 1.82) is 0 Å². The number of likely N-dealkylation sites (tertiary alicyclic amines) is 1. The van der Waals surface area contributed by atoms with Crippen LogP contribution in [-0.4, -0.2) is 85.5 Å². The van der Waals surface area contributed by atoms with Gasteiger partial charge in [0, 0.05) is 70.7 Å². The van der Waals surface area contributed by atoms with Crippen molar-refractivity contribution in [2.45, 2.75) is 18.6 Å². The molecule has 0 aliphatic carbocycles. The molecule has 32 heavy (non-hydrogen) atoms. The van der Waals surface area contributed by atoms with Crippen LogP contribution in [0.15, 0.2) is 42.7 Å². The third-order valence-corrected chi connectivity index (χ3v) is 5.88. The van der Waals surface area contributed by atoms with Crippen LogP contribution < -0.4 is 14.8 Å². The summed E-state index contributed by atoms with van der Waals surface area (Å²) in [6.45, 7) is 7.79. The zero-order valence-electron chi connectivity index (χ0n) is 18.5. The number of methoxy groups -OCH3 is 1. The van der Waals surface area contributed by atoms with Crippen LogP contribution in [0.2, 0.25) is 0 Å². The predicted molar refractivity (Wildman–Crippen MR) is 131 cm³/mol. The van der Waals surface area contributed by atoms with Crippen molar-refractivity contribution in [2.24, 2.45) is 0 Å². The van der Waals surface area contributed by atoms with Crippen LogP contribution in [0.1, 0.15) is 17.0 Å². The van der Waals surface area contributed by atoms with Crippen molar-refractivity contribution in [3.63, 3.8) is 0 Å².